The maximum Gasteiger partial charge on any atom is 0.390 e. The van der Waals surface area contributed by atoms with Crippen molar-refractivity contribution in [2.75, 3.05) is 13.6 Å². The van der Waals surface area contributed by atoms with E-state index in [1.54, 1.807) is 11.9 Å². The van der Waals surface area contributed by atoms with E-state index in [9.17, 15) is 13.2 Å². The van der Waals surface area contributed by atoms with Gasteiger partial charge in [-0.15, -0.1) is 0 Å². The molecule has 0 unspecified atom stereocenters. The van der Waals surface area contributed by atoms with E-state index in [1.807, 2.05) is 32.0 Å². The van der Waals surface area contributed by atoms with Crippen LogP contribution in [-0.2, 0) is 6.54 Å². The van der Waals surface area contributed by atoms with Crippen molar-refractivity contribution in [3.05, 3.63) is 34.9 Å². The molecular weight excluding hydrogens is 227 g/mol. The molecule has 0 heterocycles. The molecule has 1 rings (SSSR count). The van der Waals surface area contributed by atoms with Crippen LogP contribution >= 0.6 is 0 Å². The summed E-state index contributed by atoms with van der Waals surface area (Å²) >= 11 is 0. The maximum absolute atomic E-state index is 12.1. The number of rotatable bonds is 4. The van der Waals surface area contributed by atoms with Gasteiger partial charge in [-0.25, -0.2) is 0 Å². The number of aryl methyl sites for hydroxylation is 2. The van der Waals surface area contributed by atoms with E-state index in [1.165, 1.54) is 5.56 Å². The molecule has 1 aromatic carbocycles. The lowest BCUT2D eigenvalue weighted by Crippen LogP contribution is -2.24. The van der Waals surface area contributed by atoms with Gasteiger partial charge in [0.05, 0.1) is 6.42 Å². The van der Waals surface area contributed by atoms with Gasteiger partial charge in [-0.3, -0.25) is 0 Å². The molecule has 0 aliphatic heterocycles. The van der Waals surface area contributed by atoms with Crippen molar-refractivity contribution in [3.63, 3.8) is 0 Å². The van der Waals surface area contributed by atoms with E-state index in [0.717, 1.165) is 11.1 Å². The Bertz CT molecular complexity index is 371. The SMILES string of the molecule is Cc1ccc(CN(C)CCC(F)(F)F)c(C)c1. The first kappa shape index (κ1) is 14.0. The fraction of sp³-hybridized carbons (Fsp3) is 0.538. The molecule has 0 saturated heterocycles. The van der Waals surface area contributed by atoms with E-state index in [4.69, 9.17) is 0 Å². The highest BCUT2D eigenvalue weighted by atomic mass is 19.4. The Morgan fingerprint density at radius 1 is 1.18 bits per heavy atom. The summed E-state index contributed by atoms with van der Waals surface area (Å²) < 4.78 is 36.2. The standard InChI is InChI=1S/C13H18F3N/c1-10-4-5-12(11(2)8-10)9-17(3)7-6-13(14,15)16/h4-5,8H,6-7,9H2,1-3H3. The maximum atomic E-state index is 12.1. The van der Waals surface area contributed by atoms with E-state index in [2.05, 4.69) is 0 Å². The van der Waals surface area contributed by atoms with E-state index in [-0.39, 0.29) is 6.54 Å². The highest BCUT2D eigenvalue weighted by molar-refractivity contribution is 5.30. The monoisotopic (exact) mass is 245 g/mol. The molecule has 0 atom stereocenters. The van der Waals surface area contributed by atoms with Crippen molar-refractivity contribution in [1.82, 2.24) is 4.90 Å². The van der Waals surface area contributed by atoms with Crippen LogP contribution in [0.3, 0.4) is 0 Å². The molecule has 0 radical (unpaired) electrons. The number of nitrogens with zero attached hydrogens (tertiary/aromatic N) is 1. The second kappa shape index (κ2) is 5.54. The van der Waals surface area contributed by atoms with Gasteiger partial charge in [0.25, 0.3) is 0 Å². The van der Waals surface area contributed by atoms with Crippen LogP contribution in [0.1, 0.15) is 23.1 Å². The van der Waals surface area contributed by atoms with Crippen LogP contribution in [0.4, 0.5) is 13.2 Å². The Morgan fingerprint density at radius 2 is 1.82 bits per heavy atom. The fourth-order valence-corrected chi connectivity index (χ4v) is 1.71. The summed E-state index contributed by atoms with van der Waals surface area (Å²) in [6.45, 7) is 4.59. The van der Waals surface area contributed by atoms with Crippen molar-refractivity contribution >= 4 is 0 Å². The van der Waals surface area contributed by atoms with Gasteiger partial charge in [0.2, 0.25) is 0 Å². The van der Waals surface area contributed by atoms with Crippen molar-refractivity contribution in [2.24, 2.45) is 0 Å². The van der Waals surface area contributed by atoms with Crippen molar-refractivity contribution in [2.45, 2.75) is 33.0 Å². The lowest BCUT2D eigenvalue weighted by atomic mass is 10.1. The zero-order chi connectivity index (χ0) is 13.1. The number of hydrogen-bond donors (Lipinski definition) is 0. The topological polar surface area (TPSA) is 3.24 Å². The summed E-state index contributed by atoms with van der Waals surface area (Å²) in [6, 6.07) is 6.02. The molecule has 1 aromatic rings. The summed E-state index contributed by atoms with van der Waals surface area (Å²) in [6.07, 6.45) is -4.83. The van der Waals surface area contributed by atoms with Crippen LogP contribution in [-0.4, -0.2) is 24.7 Å². The minimum atomic E-state index is -4.07. The predicted molar refractivity (Wildman–Crippen MR) is 62.9 cm³/mol. The van der Waals surface area contributed by atoms with Crippen LogP contribution in [0.2, 0.25) is 0 Å². The summed E-state index contributed by atoms with van der Waals surface area (Å²) in [4.78, 5) is 1.70. The largest absolute Gasteiger partial charge is 0.390 e. The van der Waals surface area contributed by atoms with Gasteiger partial charge < -0.3 is 4.90 Å². The molecule has 1 nitrogen and oxygen atoms in total. The Labute approximate surface area is 100 Å². The molecule has 0 saturated carbocycles. The quantitative estimate of drug-likeness (QED) is 0.782. The lowest BCUT2D eigenvalue weighted by molar-refractivity contribution is -0.137. The summed E-state index contributed by atoms with van der Waals surface area (Å²) in [5.41, 5.74) is 3.38. The Morgan fingerprint density at radius 3 is 2.35 bits per heavy atom. The molecule has 0 aromatic heterocycles. The van der Waals surface area contributed by atoms with E-state index >= 15 is 0 Å². The van der Waals surface area contributed by atoms with Crippen LogP contribution in [0.5, 0.6) is 0 Å². The molecule has 0 N–H and O–H groups in total. The van der Waals surface area contributed by atoms with Crippen molar-refractivity contribution in [1.29, 1.82) is 0 Å². The van der Waals surface area contributed by atoms with Crippen molar-refractivity contribution in [3.8, 4) is 0 Å². The highest BCUT2D eigenvalue weighted by Crippen LogP contribution is 2.20. The van der Waals surface area contributed by atoms with Gasteiger partial charge in [0.15, 0.2) is 0 Å². The van der Waals surface area contributed by atoms with Crippen LogP contribution in [0.25, 0.3) is 0 Å². The van der Waals surface area contributed by atoms with Crippen molar-refractivity contribution < 1.29 is 13.2 Å². The number of hydrogen-bond acceptors (Lipinski definition) is 1. The third-order valence-electron chi connectivity index (χ3n) is 2.72. The molecule has 0 aliphatic carbocycles. The number of benzene rings is 1. The van der Waals surface area contributed by atoms with Gasteiger partial charge in [-0.2, -0.15) is 13.2 Å². The molecule has 17 heavy (non-hydrogen) atoms. The van der Waals surface area contributed by atoms with Gasteiger partial charge in [-0.1, -0.05) is 23.8 Å². The summed E-state index contributed by atoms with van der Waals surface area (Å²) in [7, 11) is 1.71. The van der Waals surface area contributed by atoms with E-state index in [0.29, 0.717) is 6.54 Å². The average Bonchev–Trinajstić information content (AvgIpc) is 2.18. The molecule has 0 bridgehead atoms. The molecule has 0 aliphatic rings. The smallest absolute Gasteiger partial charge is 0.302 e. The molecule has 4 heteroatoms. The average molecular weight is 245 g/mol. The summed E-state index contributed by atoms with van der Waals surface area (Å²) in [5.74, 6) is 0. The van der Waals surface area contributed by atoms with E-state index < -0.39 is 12.6 Å². The minimum absolute atomic E-state index is 0.0385. The highest BCUT2D eigenvalue weighted by Gasteiger charge is 2.27. The zero-order valence-electron chi connectivity index (χ0n) is 10.4. The fourth-order valence-electron chi connectivity index (χ4n) is 1.71. The number of alkyl halides is 3. The van der Waals surface area contributed by atoms with Crippen LogP contribution < -0.4 is 0 Å². The second-order valence-electron chi connectivity index (χ2n) is 4.53. The third kappa shape index (κ3) is 5.22. The third-order valence-corrected chi connectivity index (χ3v) is 2.72. The normalized spacial score (nSPS) is 12.2. The predicted octanol–water partition coefficient (Wildman–Crippen LogP) is 3.69. The van der Waals surface area contributed by atoms with Gasteiger partial charge >= 0.3 is 6.18 Å². The molecule has 0 fully saturated rings. The Kier molecular flexibility index (Phi) is 4.57. The zero-order valence-corrected chi connectivity index (χ0v) is 10.4. The first-order valence-electron chi connectivity index (χ1n) is 5.59. The number of halogens is 3. The first-order valence-corrected chi connectivity index (χ1v) is 5.59. The minimum Gasteiger partial charge on any atom is -0.302 e. The van der Waals surface area contributed by atoms with Crippen LogP contribution in [0, 0.1) is 13.8 Å². The van der Waals surface area contributed by atoms with Gasteiger partial charge in [0.1, 0.15) is 0 Å². The first-order chi connectivity index (χ1) is 7.78. The van der Waals surface area contributed by atoms with Crippen LogP contribution in [0.15, 0.2) is 18.2 Å². The Hall–Kier alpha value is -1.03. The Balaban J connectivity index is 2.53. The molecular formula is C13H18F3N. The molecule has 96 valence electrons. The van der Waals surface area contributed by atoms with Gasteiger partial charge in [0, 0.05) is 13.1 Å². The van der Waals surface area contributed by atoms with Gasteiger partial charge in [-0.05, 0) is 32.0 Å². The lowest BCUT2D eigenvalue weighted by Gasteiger charge is -2.19. The molecule has 0 spiro atoms. The summed E-state index contributed by atoms with van der Waals surface area (Å²) in [5, 5.41) is 0. The second-order valence-corrected chi connectivity index (χ2v) is 4.53. The molecule has 0 amide bonds.